The zero-order valence-electron chi connectivity index (χ0n) is 18.3. The molecule has 3 amide bonds. The van der Waals surface area contributed by atoms with E-state index in [0.717, 1.165) is 27.9 Å². The lowest BCUT2D eigenvalue weighted by Crippen LogP contribution is -2.27. The Morgan fingerprint density at radius 3 is 2.59 bits per heavy atom. The van der Waals surface area contributed by atoms with Crippen molar-refractivity contribution in [3.63, 3.8) is 0 Å². The average Bonchev–Trinajstić information content (AvgIpc) is 3.08. The molecule has 0 unspecified atom stereocenters. The first-order chi connectivity index (χ1) is 16.4. The molecule has 0 atom stereocenters. The second-order valence-corrected chi connectivity index (χ2v) is 8.61. The normalized spacial score (nSPS) is 14.5. The summed E-state index contributed by atoms with van der Waals surface area (Å²) in [6.45, 7) is 1.80. The van der Waals surface area contributed by atoms with E-state index in [4.69, 9.17) is 4.74 Å². The minimum absolute atomic E-state index is 0.0709. The van der Waals surface area contributed by atoms with Crippen LogP contribution >= 0.6 is 11.8 Å². The first kappa shape index (κ1) is 23.3. The molecule has 1 saturated heterocycles. The van der Waals surface area contributed by atoms with Gasteiger partial charge in [-0.1, -0.05) is 42.5 Å². The molecule has 1 heterocycles. The number of nitrogens with zero attached hydrogens (tertiary/aromatic N) is 1. The Balaban J connectivity index is 1.39. The Morgan fingerprint density at radius 1 is 1.06 bits per heavy atom. The van der Waals surface area contributed by atoms with Crippen LogP contribution in [0.2, 0.25) is 0 Å². The largest absolute Gasteiger partial charge is 0.484 e. The Morgan fingerprint density at radius 2 is 1.82 bits per heavy atom. The van der Waals surface area contributed by atoms with Crippen molar-refractivity contribution in [3.8, 4) is 5.75 Å². The Kier molecular flexibility index (Phi) is 7.08. The van der Waals surface area contributed by atoms with Gasteiger partial charge in [0.25, 0.3) is 17.1 Å². The van der Waals surface area contributed by atoms with Gasteiger partial charge in [-0.2, -0.15) is 0 Å². The van der Waals surface area contributed by atoms with Gasteiger partial charge in [0.05, 0.1) is 11.4 Å². The number of anilines is 1. The van der Waals surface area contributed by atoms with Crippen molar-refractivity contribution >= 4 is 40.6 Å². The monoisotopic (exact) mass is 476 g/mol. The van der Waals surface area contributed by atoms with E-state index < -0.39 is 5.91 Å². The molecule has 6 nitrogen and oxygen atoms in total. The highest BCUT2D eigenvalue weighted by atomic mass is 32.2. The van der Waals surface area contributed by atoms with Crippen LogP contribution in [0.25, 0.3) is 6.08 Å². The van der Waals surface area contributed by atoms with Crippen molar-refractivity contribution in [2.45, 2.75) is 13.5 Å². The number of thioether (sulfide) groups is 1. The number of carbonyl (C=O) groups excluding carboxylic acids is 3. The summed E-state index contributed by atoms with van der Waals surface area (Å²) < 4.78 is 18.7. The minimum Gasteiger partial charge on any atom is -0.484 e. The lowest BCUT2D eigenvalue weighted by atomic mass is 10.2. The van der Waals surface area contributed by atoms with Gasteiger partial charge in [-0.05, 0) is 71.8 Å². The van der Waals surface area contributed by atoms with Gasteiger partial charge in [-0.3, -0.25) is 19.3 Å². The predicted molar refractivity (Wildman–Crippen MR) is 130 cm³/mol. The van der Waals surface area contributed by atoms with E-state index in [2.05, 4.69) is 5.32 Å². The molecule has 1 aliphatic heterocycles. The first-order valence-corrected chi connectivity index (χ1v) is 11.3. The highest BCUT2D eigenvalue weighted by Gasteiger charge is 2.35. The summed E-state index contributed by atoms with van der Waals surface area (Å²) >= 11 is 0.845. The molecule has 1 aliphatic rings. The van der Waals surface area contributed by atoms with E-state index in [9.17, 15) is 18.8 Å². The molecule has 0 spiro atoms. The van der Waals surface area contributed by atoms with E-state index in [1.54, 1.807) is 42.5 Å². The second-order valence-electron chi connectivity index (χ2n) is 7.62. The van der Waals surface area contributed by atoms with Crippen molar-refractivity contribution in [1.82, 2.24) is 4.90 Å². The van der Waals surface area contributed by atoms with Crippen LogP contribution in [-0.2, 0) is 16.1 Å². The average molecular weight is 477 g/mol. The van der Waals surface area contributed by atoms with Gasteiger partial charge in [0.15, 0.2) is 6.61 Å². The molecule has 0 radical (unpaired) electrons. The highest BCUT2D eigenvalue weighted by molar-refractivity contribution is 8.18. The third-order valence-electron chi connectivity index (χ3n) is 5.07. The van der Waals surface area contributed by atoms with Crippen LogP contribution in [0.5, 0.6) is 5.75 Å². The van der Waals surface area contributed by atoms with Crippen molar-refractivity contribution < 1.29 is 23.5 Å². The number of amides is 3. The molecular weight excluding hydrogens is 455 g/mol. The third kappa shape index (κ3) is 5.71. The summed E-state index contributed by atoms with van der Waals surface area (Å²) in [6.07, 6.45) is 1.61. The molecule has 0 bridgehead atoms. The topological polar surface area (TPSA) is 75.7 Å². The minimum atomic E-state index is -0.414. The van der Waals surface area contributed by atoms with Crippen LogP contribution < -0.4 is 10.1 Å². The predicted octanol–water partition coefficient (Wildman–Crippen LogP) is 5.39. The van der Waals surface area contributed by atoms with E-state index in [1.165, 1.54) is 12.1 Å². The zero-order chi connectivity index (χ0) is 24.1. The first-order valence-electron chi connectivity index (χ1n) is 10.5. The number of hydrogen-bond acceptors (Lipinski definition) is 5. The number of halogens is 1. The molecule has 1 N–H and O–H groups in total. The maximum Gasteiger partial charge on any atom is 0.293 e. The summed E-state index contributed by atoms with van der Waals surface area (Å²) in [6, 6.07) is 20.0. The van der Waals surface area contributed by atoms with Gasteiger partial charge < -0.3 is 10.1 Å². The zero-order valence-corrected chi connectivity index (χ0v) is 19.1. The van der Waals surface area contributed by atoms with Crippen LogP contribution in [0.15, 0.2) is 77.7 Å². The molecule has 3 aromatic rings. The molecule has 172 valence electrons. The molecule has 4 rings (SSSR count). The molecule has 1 fully saturated rings. The van der Waals surface area contributed by atoms with Crippen LogP contribution in [0.3, 0.4) is 0 Å². The van der Waals surface area contributed by atoms with Crippen LogP contribution in [-0.4, -0.2) is 28.6 Å². The SMILES string of the molecule is Cc1ccccc1NC(=O)COc1cccc(/C=C2\SC(=O)N(Cc3ccc(F)cc3)C2=O)c1. The van der Waals surface area contributed by atoms with Crippen molar-refractivity contribution in [2.75, 3.05) is 11.9 Å². The van der Waals surface area contributed by atoms with E-state index in [0.29, 0.717) is 16.9 Å². The Hall–Kier alpha value is -3.91. The molecule has 0 aromatic heterocycles. The number of hydrogen-bond donors (Lipinski definition) is 1. The summed E-state index contributed by atoms with van der Waals surface area (Å²) in [5.74, 6) is -0.628. The Bertz CT molecular complexity index is 1270. The summed E-state index contributed by atoms with van der Waals surface area (Å²) in [5.41, 5.74) is 2.99. The van der Waals surface area contributed by atoms with Crippen LogP contribution in [0, 0.1) is 12.7 Å². The fourth-order valence-electron chi connectivity index (χ4n) is 3.30. The third-order valence-corrected chi connectivity index (χ3v) is 5.98. The molecule has 3 aromatic carbocycles. The summed E-state index contributed by atoms with van der Waals surface area (Å²) in [5, 5.41) is 2.42. The maximum atomic E-state index is 13.1. The van der Waals surface area contributed by atoms with Crippen molar-refractivity contribution in [2.24, 2.45) is 0 Å². The number of nitrogens with one attached hydrogen (secondary N) is 1. The molecular formula is C26H21FN2O4S. The van der Waals surface area contributed by atoms with Crippen molar-refractivity contribution in [3.05, 3.63) is 100 Å². The number of imide groups is 1. The van der Waals surface area contributed by atoms with Crippen LogP contribution in [0.1, 0.15) is 16.7 Å². The standard InChI is InChI=1S/C26H21FN2O4S/c1-17-5-2-3-8-22(17)28-24(30)16-33-21-7-4-6-19(13-21)14-23-25(31)29(26(32)34-23)15-18-9-11-20(27)12-10-18/h2-14H,15-16H2,1H3,(H,28,30)/b23-14-. The molecule has 0 saturated carbocycles. The summed E-state index contributed by atoms with van der Waals surface area (Å²) in [4.78, 5) is 38.7. The number of rotatable bonds is 7. The highest BCUT2D eigenvalue weighted by Crippen LogP contribution is 2.33. The number of aryl methyl sites for hydroxylation is 1. The fourth-order valence-corrected chi connectivity index (χ4v) is 4.14. The van der Waals surface area contributed by atoms with Gasteiger partial charge in [0.1, 0.15) is 11.6 Å². The number of para-hydroxylation sites is 1. The van der Waals surface area contributed by atoms with Gasteiger partial charge >= 0.3 is 0 Å². The summed E-state index contributed by atoms with van der Waals surface area (Å²) in [7, 11) is 0. The molecule has 8 heteroatoms. The maximum absolute atomic E-state index is 13.1. The smallest absolute Gasteiger partial charge is 0.293 e. The number of benzene rings is 3. The lowest BCUT2D eigenvalue weighted by molar-refractivity contribution is -0.123. The van der Waals surface area contributed by atoms with E-state index in [-0.39, 0.29) is 35.0 Å². The Labute approximate surface area is 200 Å². The van der Waals surface area contributed by atoms with Gasteiger partial charge in [-0.25, -0.2) is 4.39 Å². The van der Waals surface area contributed by atoms with E-state index in [1.807, 2.05) is 31.2 Å². The van der Waals surface area contributed by atoms with Gasteiger partial charge in [0.2, 0.25) is 0 Å². The second kappa shape index (κ2) is 10.4. The molecule has 0 aliphatic carbocycles. The number of carbonyl (C=O) groups is 3. The fraction of sp³-hybridized carbons (Fsp3) is 0.115. The lowest BCUT2D eigenvalue weighted by Gasteiger charge is -2.12. The van der Waals surface area contributed by atoms with Crippen molar-refractivity contribution in [1.29, 1.82) is 0 Å². The number of ether oxygens (including phenoxy) is 1. The molecule has 34 heavy (non-hydrogen) atoms. The van der Waals surface area contributed by atoms with E-state index >= 15 is 0 Å². The van der Waals surface area contributed by atoms with Gasteiger partial charge in [0, 0.05) is 5.69 Å². The van der Waals surface area contributed by atoms with Gasteiger partial charge in [-0.15, -0.1) is 0 Å². The quantitative estimate of drug-likeness (QED) is 0.463. The van der Waals surface area contributed by atoms with Crippen LogP contribution in [0.4, 0.5) is 14.9 Å².